The Bertz CT molecular complexity index is 928. The molecule has 0 aliphatic carbocycles. The first-order valence-electron chi connectivity index (χ1n) is 11.7. The van der Waals surface area contributed by atoms with Crippen molar-refractivity contribution in [2.45, 2.75) is 26.4 Å². The lowest BCUT2D eigenvalue weighted by molar-refractivity contribution is 0.132. The average molecular weight is 450 g/mol. The van der Waals surface area contributed by atoms with E-state index in [-0.39, 0.29) is 12.1 Å². The number of amides is 2. The number of hydrogen-bond donors (Lipinski definition) is 1. The zero-order valence-electron chi connectivity index (χ0n) is 20.0. The zero-order chi connectivity index (χ0) is 23.6. The molecule has 1 saturated heterocycles. The first-order valence-corrected chi connectivity index (χ1v) is 11.7. The number of rotatable bonds is 9. The van der Waals surface area contributed by atoms with Gasteiger partial charge in [-0.2, -0.15) is 5.26 Å². The van der Waals surface area contributed by atoms with Gasteiger partial charge < -0.3 is 15.0 Å². The third-order valence-corrected chi connectivity index (χ3v) is 6.33. The Kier molecular flexibility index (Phi) is 9.11. The van der Waals surface area contributed by atoms with Crippen LogP contribution in [-0.2, 0) is 6.54 Å². The quantitative estimate of drug-likeness (QED) is 0.635. The fraction of sp³-hybridized carbons (Fsp3) is 0.462. The van der Waals surface area contributed by atoms with Crippen molar-refractivity contribution in [3.63, 3.8) is 0 Å². The molecule has 176 valence electrons. The maximum absolute atomic E-state index is 12.9. The second-order valence-electron chi connectivity index (χ2n) is 8.27. The molecule has 0 bridgehead atoms. The van der Waals surface area contributed by atoms with Gasteiger partial charge in [-0.25, -0.2) is 4.79 Å². The predicted octanol–water partition coefficient (Wildman–Crippen LogP) is 3.48. The molecule has 1 aliphatic heterocycles. The number of ether oxygens (including phenoxy) is 1. The lowest BCUT2D eigenvalue weighted by Crippen LogP contribution is -2.52. The molecule has 2 aromatic carbocycles. The maximum atomic E-state index is 12.9. The second kappa shape index (κ2) is 12.2. The van der Waals surface area contributed by atoms with Crippen molar-refractivity contribution in [3.05, 3.63) is 65.2 Å². The third-order valence-electron chi connectivity index (χ3n) is 6.33. The van der Waals surface area contributed by atoms with Crippen molar-refractivity contribution in [2.24, 2.45) is 0 Å². The molecule has 1 heterocycles. The molecule has 0 radical (unpaired) electrons. The van der Waals surface area contributed by atoms with Crippen molar-refractivity contribution < 1.29 is 9.53 Å². The van der Waals surface area contributed by atoms with Gasteiger partial charge in [-0.1, -0.05) is 38.1 Å². The van der Waals surface area contributed by atoms with Crippen LogP contribution in [0.2, 0.25) is 0 Å². The number of nitrogens with zero attached hydrogens (tertiary/aromatic N) is 4. The molecule has 1 N–H and O–H groups in total. The molecular formula is C26H35N5O2. The summed E-state index contributed by atoms with van der Waals surface area (Å²) in [6.45, 7) is 10.6. The first kappa shape index (κ1) is 24.6. The molecule has 2 aromatic rings. The molecule has 1 aliphatic rings. The fourth-order valence-corrected chi connectivity index (χ4v) is 4.32. The number of carbonyl (C=O) groups excluding carboxylic acids is 1. The Hall–Kier alpha value is -3.08. The first-order chi connectivity index (χ1) is 16.1. The van der Waals surface area contributed by atoms with Crippen molar-refractivity contribution in [1.29, 1.82) is 5.26 Å². The highest BCUT2D eigenvalue weighted by molar-refractivity contribution is 5.74. The van der Waals surface area contributed by atoms with Crippen LogP contribution >= 0.6 is 0 Å². The Morgan fingerprint density at radius 1 is 1.12 bits per heavy atom. The number of benzene rings is 2. The van der Waals surface area contributed by atoms with Crippen molar-refractivity contribution in [2.75, 3.05) is 52.9 Å². The van der Waals surface area contributed by atoms with E-state index in [9.17, 15) is 4.79 Å². The van der Waals surface area contributed by atoms with E-state index in [0.717, 1.165) is 44.0 Å². The topological polar surface area (TPSA) is 71.8 Å². The standard InChI is InChI=1S/C26H35N5O2/c1-4-30(5-2)25(23-7-6-8-24(17-23)33-3)19-28-26(32)31-15-13-29(14-16-31)20-22-11-9-21(18-27)10-12-22/h6-12,17,25H,4-5,13-16,19-20H2,1-3H3,(H,28,32). The number of carbonyl (C=O) groups is 1. The molecule has 1 fully saturated rings. The molecular weight excluding hydrogens is 414 g/mol. The summed E-state index contributed by atoms with van der Waals surface area (Å²) in [6.07, 6.45) is 0. The van der Waals surface area contributed by atoms with Gasteiger partial charge in [-0.3, -0.25) is 9.80 Å². The van der Waals surface area contributed by atoms with Crippen LogP contribution in [0.15, 0.2) is 48.5 Å². The van der Waals surface area contributed by atoms with Crippen molar-refractivity contribution >= 4 is 6.03 Å². The van der Waals surface area contributed by atoms with E-state index >= 15 is 0 Å². The summed E-state index contributed by atoms with van der Waals surface area (Å²) in [5.74, 6) is 0.828. The summed E-state index contributed by atoms with van der Waals surface area (Å²) in [5, 5.41) is 12.1. The molecule has 7 nitrogen and oxygen atoms in total. The van der Waals surface area contributed by atoms with Gasteiger partial charge in [0.05, 0.1) is 24.8 Å². The zero-order valence-corrected chi connectivity index (χ0v) is 20.0. The summed E-state index contributed by atoms with van der Waals surface area (Å²) in [5.41, 5.74) is 3.01. The van der Waals surface area contributed by atoms with Crippen LogP contribution in [0.25, 0.3) is 0 Å². The summed E-state index contributed by atoms with van der Waals surface area (Å²) in [6, 6.07) is 18.0. The van der Waals surface area contributed by atoms with Gasteiger partial charge in [-0.05, 0) is 48.5 Å². The predicted molar refractivity (Wildman–Crippen MR) is 130 cm³/mol. The van der Waals surface area contributed by atoms with E-state index in [4.69, 9.17) is 10.00 Å². The van der Waals surface area contributed by atoms with Crippen molar-refractivity contribution in [3.8, 4) is 11.8 Å². The summed E-state index contributed by atoms with van der Waals surface area (Å²) in [7, 11) is 1.67. The molecule has 2 amide bonds. The number of nitrogens with one attached hydrogen (secondary N) is 1. The lowest BCUT2D eigenvalue weighted by Gasteiger charge is -2.36. The van der Waals surface area contributed by atoms with Gasteiger partial charge >= 0.3 is 6.03 Å². The minimum absolute atomic E-state index is 0.00641. The number of methoxy groups -OCH3 is 1. The Morgan fingerprint density at radius 2 is 1.82 bits per heavy atom. The molecule has 0 aromatic heterocycles. The average Bonchev–Trinajstić information content (AvgIpc) is 2.87. The van der Waals surface area contributed by atoms with Gasteiger partial charge in [0.2, 0.25) is 0 Å². The van der Waals surface area contributed by atoms with E-state index in [0.29, 0.717) is 25.2 Å². The van der Waals surface area contributed by atoms with Crippen LogP contribution in [-0.4, -0.2) is 73.7 Å². The van der Waals surface area contributed by atoms with E-state index in [1.54, 1.807) is 7.11 Å². The molecule has 3 rings (SSSR count). The lowest BCUT2D eigenvalue weighted by atomic mass is 10.0. The minimum atomic E-state index is -0.00641. The minimum Gasteiger partial charge on any atom is -0.497 e. The monoisotopic (exact) mass is 449 g/mol. The van der Waals surface area contributed by atoms with Crippen LogP contribution < -0.4 is 10.1 Å². The number of likely N-dealkylation sites (N-methyl/N-ethyl adjacent to an activating group) is 1. The molecule has 33 heavy (non-hydrogen) atoms. The molecule has 7 heteroatoms. The van der Waals surface area contributed by atoms with E-state index < -0.39 is 0 Å². The fourth-order valence-electron chi connectivity index (χ4n) is 4.32. The maximum Gasteiger partial charge on any atom is 0.317 e. The van der Waals surface area contributed by atoms with Gasteiger partial charge in [0.25, 0.3) is 0 Å². The smallest absolute Gasteiger partial charge is 0.317 e. The molecule has 0 saturated carbocycles. The van der Waals surface area contributed by atoms with Gasteiger partial charge in [-0.15, -0.1) is 0 Å². The summed E-state index contributed by atoms with van der Waals surface area (Å²) >= 11 is 0. The van der Waals surface area contributed by atoms with E-state index in [1.807, 2.05) is 41.3 Å². The molecule has 0 spiro atoms. The number of urea groups is 1. The SMILES string of the molecule is CCN(CC)C(CNC(=O)N1CCN(Cc2ccc(C#N)cc2)CC1)c1cccc(OC)c1. The third kappa shape index (κ3) is 6.70. The van der Waals surface area contributed by atoms with Gasteiger partial charge in [0.15, 0.2) is 0 Å². The number of nitriles is 1. The normalized spacial score (nSPS) is 15.2. The van der Waals surface area contributed by atoms with E-state index in [2.05, 4.69) is 47.2 Å². The Balaban J connectivity index is 1.53. The Labute approximate surface area is 197 Å². The second-order valence-corrected chi connectivity index (χ2v) is 8.27. The number of piperazine rings is 1. The van der Waals surface area contributed by atoms with Gasteiger partial charge in [0.1, 0.15) is 5.75 Å². The number of hydrogen-bond acceptors (Lipinski definition) is 5. The highest BCUT2D eigenvalue weighted by atomic mass is 16.5. The molecule has 1 unspecified atom stereocenters. The van der Waals surface area contributed by atoms with E-state index in [1.165, 1.54) is 5.56 Å². The summed E-state index contributed by atoms with van der Waals surface area (Å²) in [4.78, 5) is 19.5. The van der Waals surface area contributed by atoms with Crippen molar-refractivity contribution in [1.82, 2.24) is 20.0 Å². The van der Waals surface area contributed by atoms with Crippen LogP contribution in [0.1, 0.15) is 36.6 Å². The largest absolute Gasteiger partial charge is 0.497 e. The Morgan fingerprint density at radius 3 is 2.42 bits per heavy atom. The molecule has 1 atom stereocenters. The van der Waals surface area contributed by atoms with Crippen LogP contribution in [0, 0.1) is 11.3 Å². The van der Waals surface area contributed by atoms with Crippen LogP contribution in [0.4, 0.5) is 4.79 Å². The summed E-state index contributed by atoms with van der Waals surface area (Å²) < 4.78 is 5.40. The van der Waals surface area contributed by atoms with Crippen LogP contribution in [0.3, 0.4) is 0 Å². The van der Waals surface area contributed by atoms with Gasteiger partial charge in [0, 0.05) is 39.3 Å². The van der Waals surface area contributed by atoms with Crippen LogP contribution in [0.5, 0.6) is 5.75 Å². The highest BCUT2D eigenvalue weighted by Gasteiger charge is 2.24. The highest BCUT2D eigenvalue weighted by Crippen LogP contribution is 2.24.